The minimum absolute atomic E-state index is 0.0387. The zero-order chi connectivity index (χ0) is 13.1. The van der Waals surface area contributed by atoms with Crippen molar-refractivity contribution in [3.63, 3.8) is 0 Å². The highest BCUT2D eigenvalue weighted by Crippen LogP contribution is 2.31. The van der Waals surface area contributed by atoms with E-state index < -0.39 is 4.92 Å². The second-order valence-corrected chi connectivity index (χ2v) is 4.91. The second-order valence-electron chi connectivity index (χ2n) is 4.50. The van der Waals surface area contributed by atoms with Crippen LogP contribution in [0.5, 0.6) is 0 Å². The average Bonchev–Trinajstić information content (AvgIpc) is 2.34. The van der Waals surface area contributed by atoms with E-state index in [4.69, 9.17) is 11.6 Å². The number of rotatable bonds is 3. The predicted octanol–water partition coefficient (Wildman–Crippen LogP) is 4.08. The van der Waals surface area contributed by atoms with E-state index in [-0.39, 0.29) is 10.7 Å². The molecule has 0 radical (unpaired) electrons. The Labute approximate surface area is 111 Å². The van der Waals surface area contributed by atoms with Gasteiger partial charge in [-0.1, -0.05) is 23.8 Å². The minimum atomic E-state index is -0.456. The van der Waals surface area contributed by atoms with Gasteiger partial charge < -0.3 is 5.32 Å². The first-order valence-electron chi connectivity index (χ1n) is 5.94. The Bertz CT molecular complexity index is 500. The third-order valence-corrected chi connectivity index (χ3v) is 3.42. The summed E-state index contributed by atoms with van der Waals surface area (Å²) in [6.07, 6.45) is 7.45. The van der Waals surface area contributed by atoms with Gasteiger partial charge in [0.05, 0.1) is 4.92 Å². The normalized spacial score (nSPS) is 18.7. The number of nitrogens with one attached hydrogen (secondary N) is 1. The van der Waals surface area contributed by atoms with E-state index in [1.54, 1.807) is 6.07 Å². The number of hydrogen-bond donors (Lipinski definition) is 1. The summed E-state index contributed by atoms with van der Waals surface area (Å²) in [6, 6.07) is 3.54. The van der Waals surface area contributed by atoms with Gasteiger partial charge in [-0.25, -0.2) is 0 Å². The SMILES string of the molecule is Cc1cc([N+](=O)[O-])c(Cl)cc1NC1CC=CCC1. The van der Waals surface area contributed by atoms with Gasteiger partial charge in [-0.05, 0) is 37.8 Å². The predicted molar refractivity (Wildman–Crippen MR) is 73.2 cm³/mol. The van der Waals surface area contributed by atoms with Crippen LogP contribution in [-0.2, 0) is 0 Å². The van der Waals surface area contributed by atoms with Crippen LogP contribution in [0.3, 0.4) is 0 Å². The first kappa shape index (κ1) is 12.9. The molecule has 4 nitrogen and oxygen atoms in total. The fourth-order valence-electron chi connectivity index (χ4n) is 2.11. The molecule has 1 unspecified atom stereocenters. The van der Waals surface area contributed by atoms with Crippen LogP contribution in [0, 0.1) is 17.0 Å². The summed E-state index contributed by atoms with van der Waals surface area (Å²) in [6.45, 7) is 1.85. The summed E-state index contributed by atoms with van der Waals surface area (Å²) in [5.41, 5.74) is 1.69. The molecule has 1 aliphatic carbocycles. The molecule has 1 aromatic carbocycles. The van der Waals surface area contributed by atoms with Gasteiger partial charge in [0, 0.05) is 17.8 Å². The van der Waals surface area contributed by atoms with Crippen molar-refractivity contribution in [1.29, 1.82) is 0 Å². The lowest BCUT2D eigenvalue weighted by Crippen LogP contribution is -2.20. The number of aryl methyl sites for hydroxylation is 1. The Kier molecular flexibility index (Phi) is 3.87. The van der Waals surface area contributed by atoms with Gasteiger partial charge in [-0.2, -0.15) is 0 Å². The second kappa shape index (κ2) is 5.40. The molecule has 1 aromatic rings. The van der Waals surface area contributed by atoms with Crippen LogP contribution in [0.4, 0.5) is 11.4 Å². The quantitative estimate of drug-likeness (QED) is 0.509. The number of allylic oxidation sites excluding steroid dienone is 1. The molecular weight excluding hydrogens is 252 g/mol. The summed E-state index contributed by atoms with van der Waals surface area (Å²) in [5, 5.41) is 14.3. The molecule has 0 bridgehead atoms. The smallest absolute Gasteiger partial charge is 0.288 e. The zero-order valence-electron chi connectivity index (χ0n) is 10.1. The van der Waals surface area contributed by atoms with Crippen LogP contribution in [-0.4, -0.2) is 11.0 Å². The Morgan fingerprint density at radius 2 is 2.22 bits per heavy atom. The first-order chi connectivity index (χ1) is 8.58. The molecule has 1 atom stereocenters. The van der Waals surface area contributed by atoms with Gasteiger partial charge >= 0.3 is 0 Å². The topological polar surface area (TPSA) is 55.2 Å². The van der Waals surface area contributed by atoms with Crippen molar-refractivity contribution >= 4 is 23.0 Å². The average molecular weight is 267 g/mol. The van der Waals surface area contributed by atoms with E-state index in [1.807, 2.05) is 6.92 Å². The van der Waals surface area contributed by atoms with Crippen molar-refractivity contribution < 1.29 is 4.92 Å². The fourth-order valence-corrected chi connectivity index (χ4v) is 2.34. The number of nitrogens with zero attached hydrogens (tertiary/aromatic N) is 1. The van der Waals surface area contributed by atoms with Crippen molar-refractivity contribution in [3.8, 4) is 0 Å². The lowest BCUT2D eigenvalue weighted by Gasteiger charge is -2.21. The highest BCUT2D eigenvalue weighted by Gasteiger charge is 2.17. The highest BCUT2D eigenvalue weighted by atomic mass is 35.5. The molecule has 0 heterocycles. The molecular formula is C13H15ClN2O2. The summed E-state index contributed by atoms with van der Waals surface area (Å²) in [5.74, 6) is 0. The summed E-state index contributed by atoms with van der Waals surface area (Å²) >= 11 is 5.92. The zero-order valence-corrected chi connectivity index (χ0v) is 10.9. The molecule has 0 aliphatic heterocycles. The van der Waals surface area contributed by atoms with Crippen molar-refractivity contribution in [3.05, 3.63) is 45.0 Å². The highest BCUT2D eigenvalue weighted by molar-refractivity contribution is 6.33. The third kappa shape index (κ3) is 2.82. The summed E-state index contributed by atoms with van der Waals surface area (Å²) in [7, 11) is 0. The van der Waals surface area contributed by atoms with Crippen LogP contribution in [0.25, 0.3) is 0 Å². The van der Waals surface area contributed by atoms with Gasteiger partial charge in [0.25, 0.3) is 5.69 Å². The van der Waals surface area contributed by atoms with Crippen LogP contribution in [0.1, 0.15) is 24.8 Å². The van der Waals surface area contributed by atoms with Gasteiger partial charge in [-0.15, -0.1) is 0 Å². The van der Waals surface area contributed by atoms with E-state index in [1.165, 1.54) is 6.07 Å². The van der Waals surface area contributed by atoms with Crippen molar-refractivity contribution in [2.75, 3.05) is 5.32 Å². The molecule has 5 heteroatoms. The molecule has 96 valence electrons. The lowest BCUT2D eigenvalue weighted by molar-refractivity contribution is -0.384. The van der Waals surface area contributed by atoms with E-state index in [0.717, 1.165) is 30.5 Å². The Balaban J connectivity index is 2.21. The molecule has 0 fully saturated rings. The monoisotopic (exact) mass is 266 g/mol. The molecule has 2 rings (SSSR count). The van der Waals surface area contributed by atoms with Gasteiger partial charge in [-0.3, -0.25) is 10.1 Å². The minimum Gasteiger partial charge on any atom is -0.382 e. The molecule has 1 aliphatic rings. The summed E-state index contributed by atoms with van der Waals surface area (Å²) in [4.78, 5) is 10.3. The van der Waals surface area contributed by atoms with E-state index in [2.05, 4.69) is 17.5 Å². The number of anilines is 1. The Hall–Kier alpha value is -1.55. The maximum Gasteiger partial charge on any atom is 0.288 e. The molecule has 18 heavy (non-hydrogen) atoms. The largest absolute Gasteiger partial charge is 0.382 e. The van der Waals surface area contributed by atoms with Gasteiger partial charge in [0.1, 0.15) is 5.02 Å². The number of nitro benzene ring substituents is 1. The Morgan fingerprint density at radius 3 is 2.83 bits per heavy atom. The molecule has 0 saturated heterocycles. The molecule has 0 spiro atoms. The van der Waals surface area contributed by atoms with Crippen molar-refractivity contribution in [2.24, 2.45) is 0 Å². The first-order valence-corrected chi connectivity index (χ1v) is 6.32. The van der Waals surface area contributed by atoms with E-state index in [0.29, 0.717) is 6.04 Å². The number of benzene rings is 1. The maximum atomic E-state index is 10.8. The lowest BCUT2D eigenvalue weighted by atomic mass is 10.0. The standard InChI is InChI=1S/C13H15ClN2O2/c1-9-7-13(16(17)18)11(14)8-12(9)15-10-5-3-2-4-6-10/h2-3,7-8,10,15H,4-6H2,1H3. The Morgan fingerprint density at radius 1 is 1.44 bits per heavy atom. The van der Waals surface area contributed by atoms with E-state index >= 15 is 0 Å². The van der Waals surface area contributed by atoms with E-state index in [9.17, 15) is 10.1 Å². The van der Waals surface area contributed by atoms with Crippen LogP contribution < -0.4 is 5.32 Å². The van der Waals surface area contributed by atoms with Crippen LogP contribution in [0.2, 0.25) is 5.02 Å². The fraction of sp³-hybridized carbons (Fsp3) is 0.385. The van der Waals surface area contributed by atoms with Crippen LogP contribution >= 0.6 is 11.6 Å². The van der Waals surface area contributed by atoms with Crippen LogP contribution in [0.15, 0.2) is 24.3 Å². The molecule has 0 amide bonds. The maximum absolute atomic E-state index is 10.8. The molecule has 1 N–H and O–H groups in total. The number of hydrogen-bond acceptors (Lipinski definition) is 3. The molecule has 0 saturated carbocycles. The van der Waals surface area contributed by atoms with Gasteiger partial charge in [0.2, 0.25) is 0 Å². The molecule has 0 aromatic heterocycles. The summed E-state index contributed by atoms with van der Waals surface area (Å²) < 4.78 is 0. The number of nitro groups is 1. The van der Waals surface area contributed by atoms with Crippen molar-refractivity contribution in [1.82, 2.24) is 0 Å². The third-order valence-electron chi connectivity index (χ3n) is 3.12. The number of halogens is 1. The van der Waals surface area contributed by atoms with Crippen molar-refractivity contribution in [2.45, 2.75) is 32.2 Å². The van der Waals surface area contributed by atoms with Gasteiger partial charge in [0.15, 0.2) is 0 Å².